The summed E-state index contributed by atoms with van der Waals surface area (Å²) in [4.78, 5) is 0.349. The van der Waals surface area contributed by atoms with Gasteiger partial charge in [-0.1, -0.05) is 22.0 Å². The first kappa shape index (κ1) is 15.0. The van der Waals surface area contributed by atoms with Crippen LogP contribution in [0.15, 0.2) is 33.6 Å². The van der Waals surface area contributed by atoms with Crippen LogP contribution in [0.1, 0.15) is 19.3 Å². The largest absolute Gasteiger partial charge is 0.317 e. The number of nitrogens with zero attached hydrogens (tertiary/aromatic N) is 1. The molecule has 0 amide bonds. The minimum absolute atomic E-state index is 0.0824. The minimum Gasteiger partial charge on any atom is -0.317 e. The fourth-order valence-corrected chi connectivity index (χ4v) is 4.37. The van der Waals surface area contributed by atoms with Gasteiger partial charge in [0.25, 0.3) is 0 Å². The van der Waals surface area contributed by atoms with E-state index in [1.54, 1.807) is 25.2 Å². The molecule has 0 aliphatic carbocycles. The van der Waals surface area contributed by atoms with E-state index in [-0.39, 0.29) is 6.04 Å². The maximum atomic E-state index is 12.6. The molecule has 1 saturated heterocycles. The second-order valence-electron chi connectivity index (χ2n) is 4.81. The summed E-state index contributed by atoms with van der Waals surface area (Å²) in [7, 11) is -1.72. The molecule has 19 heavy (non-hydrogen) atoms. The highest BCUT2D eigenvalue weighted by molar-refractivity contribution is 9.10. The first-order valence-corrected chi connectivity index (χ1v) is 8.69. The minimum atomic E-state index is -3.40. The van der Waals surface area contributed by atoms with Crippen molar-refractivity contribution in [3.05, 3.63) is 28.7 Å². The fraction of sp³-hybridized carbons (Fsp3) is 0.538. The van der Waals surface area contributed by atoms with E-state index in [1.165, 1.54) is 4.31 Å². The molecule has 0 spiro atoms. The predicted molar refractivity (Wildman–Crippen MR) is 79.6 cm³/mol. The van der Waals surface area contributed by atoms with Crippen molar-refractivity contribution in [3.8, 4) is 0 Å². The summed E-state index contributed by atoms with van der Waals surface area (Å²) < 4.78 is 27.5. The molecule has 0 radical (unpaired) electrons. The summed E-state index contributed by atoms with van der Waals surface area (Å²) in [5.41, 5.74) is 0. The molecule has 1 N–H and O–H groups in total. The first-order valence-electron chi connectivity index (χ1n) is 6.46. The number of hydrogen-bond donors (Lipinski definition) is 1. The van der Waals surface area contributed by atoms with Crippen LogP contribution < -0.4 is 5.32 Å². The quantitative estimate of drug-likeness (QED) is 0.912. The lowest BCUT2D eigenvalue weighted by Crippen LogP contribution is -2.37. The Balaban J connectivity index is 2.23. The van der Waals surface area contributed by atoms with Gasteiger partial charge in [-0.2, -0.15) is 4.31 Å². The molecule has 4 nitrogen and oxygen atoms in total. The molecule has 0 saturated carbocycles. The van der Waals surface area contributed by atoms with E-state index in [1.807, 2.05) is 6.07 Å². The zero-order chi connectivity index (χ0) is 13.9. The van der Waals surface area contributed by atoms with Crippen molar-refractivity contribution >= 4 is 26.0 Å². The standard InChI is InChI=1S/C13H19BrN2O2S/c1-16(12-5-3-8-15-9-7-12)19(17,18)13-6-2-4-11(14)10-13/h2,4,6,10,12,15H,3,5,7-9H2,1H3. The molecule has 0 bridgehead atoms. The van der Waals surface area contributed by atoms with Gasteiger partial charge in [0, 0.05) is 17.6 Å². The van der Waals surface area contributed by atoms with Crippen molar-refractivity contribution in [3.63, 3.8) is 0 Å². The predicted octanol–water partition coefficient (Wildman–Crippen LogP) is 2.21. The number of rotatable bonds is 3. The number of benzene rings is 1. The van der Waals surface area contributed by atoms with Gasteiger partial charge in [-0.3, -0.25) is 0 Å². The molecular formula is C13H19BrN2O2S. The monoisotopic (exact) mass is 346 g/mol. The highest BCUT2D eigenvalue weighted by Gasteiger charge is 2.28. The summed E-state index contributed by atoms with van der Waals surface area (Å²) in [6.07, 6.45) is 2.80. The molecule has 1 aromatic carbocycles. The second kappa shape index (κ2) is 6.35. The molecular weight excluding hydrogens is 328 g/mol. The van der Waals surface area contributed by atoms with Crippen LogP contribution in [-0.2, 0) is 10.0 Å². The summed E-state index contributed by atoms with van der Waals surface area (Å²) in [5.74, 6) is 0. The van der Waals surface area contributed by atoms with E-state index in [4.69, 9.17) is 0 Å². The van der Waals surface area contributed by atoms with E-state index in [2.05, 4.69) is 21.2 Å². The van der Waals surface area contributed by atoms with Gasteiger partial charge in [0.1, 0.15) is 0 Å². The molecule has 106 valence electrons. The van der Waals surface area contributed by atoms with E-state index in [0.29, 0.717) is 4.90 Å². The van der Waals surface area contributed by atoms with E-state index in [9.17, 15) is 8.42 Å². The highest BCUT2D eigenvalue weighted by atomic mass is 79.9. The van der Waals surface area contributed by atoms with Gasteiger partial charge in [-0.25, -0.2) is 8.42 Å². The van der Waals surface area contributed by atoms with Crippen LogP contribution in [-0.4, -0.2) is 38.9 Å². The maximum absolute atomic E-state index is 12.6. The van der Waals surface area contributed by atoms with Crippen molar-refractivity contribution in [2.45, 2.75) is 30.2 Å². The Bertz CT molecular complexity index is 525. The molecule has 1 aromatic rings. The van der Waals surface area contributed by atoms with Crippen molar-refractivity contribution in [1.82, 2.24) is 9.62 Å². The number of nitrogens with one attached hydrogen (secondary N) is 1. The molecule has 1 aliphatic rings. The normalized spacial score (nSPS) is 21.3. The van der Waals surface area contributed by atoms with Gasteiger partial charge in [0.05, 0.1) is 4.90 Å². The Morgan fingerprint density at radius 3 is 2.84 bits per heavy atom. The van der Waals surface area contributed by atoms with Crippen LogP contribution in [0.3, 0.4) is 0 Å². The average Bonchev–Trinajstić information content (AvgIpc) is 2.66. The molecule has 1 fully saturated rings. The Hall–Kier alpha value is -0.430. The van der Waals surface area contributed by atoms with Crippen LogP contribution in [0.5, 0.6) is 0 Å². The summed E-state index contributed by atoms with van der Waals surface area (Å²) >= 11 is 3.32. The van der Waals surface area contributed by atoms with Gasteiger partial charge in [0.15, 0.2) is 0 Å². The van der Waals surface area contributed by atoms with Crippen LogP contribution in [0, 0.1) is 0 Å². The van der Waals surface area contributed by atoms with Crippen LogP contribution in [0.4, 0.5) is 0 Å². The van der Waals surface area contributed by atoms with Crippen molar-refractivity contribution in [2.75, 3.05) is 20.1 Å². The van der Waals surface area contributed by atoms with Crippen molar-refractivity contribution in [2.24, 2.45) is 0 Å². The smallest absolute Gasteiger partial charge is 0.243 e. The first-order chi connectivity index (χ1) is 9.01. The Labute approximate surface area is 123 Å². The van der Waals surface area contributed by atoms with E-state index < -0.39 is 10.0 Å². The fourth-order valence-electron chi connectivity index (χ4n) is 2.35. The lowest BCUT2D eigenvalue weighted by Gasteiger charge is -2.26. The van der Waals surface area contributed by atoms with Crippen molar-refractivity contribution in [1.29, 1.82) is 0 Å². The van der Waals surface area contributed by atoms with Gasteiger partial charge < -0.3 is 5.32 Å². The third-order valence-corrected chi connectivity index (χ3v) is 5.93. The van der Waals surface area contributed by atoms with Crippen LogP contribution in [0.25, 0.3) is 0 Å². The lowest BCUT2D eigenvalue weighted by atomic mass is 10.1. The average molecular weight is 347 g/mol. The van der Waals surface area contributed by atoms with E-state index >= 15 is 0 Å². The zero-order valence-electron chi connectivity index (χ0n) is 11.0. The molecule has 2 rings (SSSR count). The Kier molecular flexibility index (Phi) is 5.00. The summed E-state index contributed by atoms with van der Waals surface area (Å²) in [6.45, 7) is 1.85. The third-order valence-electron chi connectivity index (χ3n) is 3.53. The Morgan fingerprint density at radius 2 is 2.11 bits per heavy atom. The van der Waals surface area contributed by atoms with Gasteiger partial charge in [-0.15, -0.1) is 0 Å². The number of halogens is 1. The zero-order valence-corrected chi connectivity index (χ0v) is 13.4. The molecule has 1 unspecified atom stereocenters. The van der Waals surface area contributed by atoms with Crippen LogP contribution >= 0.6 is 15.9 Å². The summed E-state index contributed by atoms with van der Waals surface area (Å²) in [5, 5.41) is 3.30. The molecule has 1 aliphatic heterocycles. The Morgan fingerprint density at radius 1 is 1.32 bits per heavy atom. The van der Waals surface area contributed by atoms with E-state index in [0.717, 1.165) is 36.8 Å². The second-order valence-corrected chi connectivity index (χ2v) is 7.73. The third kappa shape index (κ3) is 3.56. The van der Waals surface area contributed by atoms with Gasteiger partial charge >= 0.3 is 0 Å². The molecule has 6 heteroatoms. The molecule has 1 heterocycles. The number of hydrogen-bond acceptors (Lipinski definition) is 3. The maximum Gasteiger partial charge on any atom is 0.243 e. The van der Waals surface area contributed by atoms with Crippen molar-refractivity contribution < 1.29 is 8.42 Å². The SMILES string of the molecule is CN(C1CCCNCC1)S(=O)(=O)c1cccc(Br)c1. The lowest BCUT2D eigenvalue weighted by molar-refractivity contribution is 0.341. The topological polar surface area (TPSA) is 49.4 Å². The molecule has 0 aromatic heterocycles. The van der Waals surface area contributed by atoms with Gasteiger partial charge in [-0.05, 0) is 50.6 Å². The van der Waals surface area contributed by atoms with Crippen LogP contribution in [0.2, 0.25) is 0 Å². The van der Waals surface area contributed by atoms with Gasteiger partial charge in [0.2, 0.25) is 10.0 Å². The summed E-state index contributed by atoms with van der Waals surface area (Å²) in [6, 6.07) is 6.96. The number of sulfonamides is 1. The highest BCUT2D eigenvalue weighted by Crippen LogP contribution is 2.23. The molecule has 1 atom stereocenters.